The zero-order chi connectivity index (χ0) is 15.3. The van der Waals surface area contributed by atoms with Crippen LogP contribution >= 0.6 is 0 Å². The molecule has 0 spiro atoms. The van der Waals surface area contributed by atoms with Crippen LogP contribution in [0, 0.1) is 0 Å². The molecular weight excluding hydrogens is 262 g/mol. The van der Waals surface area contributed by atoms with Gasteiger partial charge in [-0.15, -0.1) is 0 Å². The van der Waals surface area contributed by atoms with Crippen LogP contribution in [0.15, 0.2) is 0 Å². The van der Waals surface area contributed by atoms with E-state index < -0.39 is 12.2 Å². The lowest BCUT2D eigenvalue weighted by Gasteiger charge is -2.13. The molecule has 0 unspecified atom stereocenters. The summed E-state index contributed by atoms with van der Waals surface area (Å²) in [6, 6.07) is 0. The number of likely N-dealkylation sites (tertiary alicyclic amines) is 1. The molecule has 1 rings (SSSR count). The molecule has 1 aliphatic heterocycles. The van der Waals surface area contributed by atoms with Crippen molar-refractivity contribution in [1.29, 1.82) is 0 Å². The van der Waals surface area contributed by atoms with Gasteiger partial charge in [0.15, 0.2) is 0 Å². The molecule has 1 saturated heterocycles. The van der Waals surface area contributed by atoms with E-state index in [1.807, 2.05) is 0 Å². The van der Waals surface area contributed by atoms with Gasteiger partial charge in [0, 0.05) is 13.1 Å². The van der Waals surface area contributed by atoms with E-state index in [0.717, 1.165) is 6.54 Å². The first-order valence-electron chi connectivity index (χ1n) is 9.32. The molecule has 3 heteroatoms. The second-order valence-corrected chi connectivity index (χ2v) is 6.78. The van der Waals surface area contributed by atoms with E-state index in [0.29, 0.717) is 13.1 Å². The van der Waals surface area contributed by atoms with Gasteiger partial charge in [0.05, 0.1) is 12.2 Å². The summed E-state index contributed by atoms with van der Waals surface area (Å²) in [4.78, 5) is 2.19. The lowest BCUT2D eigenvalue weighted by Crippen LogP contribution is -2.23. The highest BCUT2D eigenvalue weighted by Crippen LogP contribution is 2.14. The Morgan fingerprint density at radius 2 is 1.05 bits per heavy atom. The van der Waals surface area contributed by atoms with Crippen LogP contribution in [0.2, 0.25) is 0 Å². The number of hydrogen-bond acceptors (Lipinski definition) is 3. The Morgan fingerprint density at radius 3 is 1.48 bits per heavy atom. The lowest BCUT2D eigenvalue weighted by atomic mass is 10.1. The topological polar surface area (TPSA) is 43.7 Å². The molecule has 1 aliphatic rings. The maximum absolute atomic E-state index is 9.47. The Labute approximate surface area is 131 Å². The Balaban J connectivity index is 1.75. The molecule has 0 aliphatic carbocycles. The zero-order valence-electron chi connectivity index (χ0n) is 14.1. The third-order valence-corrected chi connectivity index (χ3v) is 4.66. The van der Waals surface area contributed by atoms with Gasteiger partial charge in [-0.2, -0.15) is 0 Å². The summed E-state index contributed by atoms with van der Waals surface area (Å²) in [5.74, 6) is 0. The number of aliphatic hydroxyl groups is 2. The van der Waals surface area contributed by atoms with Crippen LogP contribution < -0.4 is 0 Å². The van der Waals surface area contributed by atoms with Crippen LogP contribution in [0.3, 0.4) is 0 Å². The highest BCUT2D eigenvalue weighted by molar-refractivity contribution is 4.82. The van der Waals surface area contributed by atoms with Crippen molar-refractivity contribution in [3.63, 3.8) is 0 Å². The summed E-state index contributed by atoms with van der Waals surface area (Å²) in [5.41, 5.74) is 0. The predicted molar refractivity (Wildman–Crippen MR) is 89.5 cm³/mol. The number of hydrogen-bond donors (Lipinski definition) is 2. The first kappa shape index (κ1) is 18.9. The minimum atomic E-state index is -0.526. The molecule has 0 bridgehead atoms. The van der Waals surface area contributed by atoms with Gasteiger partial charge < -0.3 is 10.2 Å². The SMILES string of the molecule is CCCCCCCCCCCCCCN1C[C@H](O)[C@@H](O)C1. The molecule has 0 saturated carbocycles. The summed E-state index contributed by atoms with van der Waals surface area (Å²) < 4.78 is 0. The molecule has 3 nitrogen and oxygen atoms in total. The second kappa shape index (κ2) is 12.4. The van der Waals surface area contributed by atoms with Crippen LogP contribution in [-0.2, 0) is 0 Å². The molecule has 0 aromatic heterocycles. The number of unbranched alkanes of at least 4 members (excludes halogenated alkanes) is 11. The summed E-state index contributed by atoms with van der Waals surface area (Å²) in [6.07, 6.45) is 15.4. The smallest absolute Gasteiger partial charge is 0.0938 e. The fourth-order valence-electron chi connectivity index (χ4n) is 3.21. The third-order valence-electron chi connectivity index (χ3n) is 4.66. The van der Waals surface area contributed by atoms with E-state index in [1.54, 1.807) is 0 Å². The Bertz CT molecular complexity index is 225. The number of rotatable bonds is 13. The van der Waals surface area contributed by atoms with Gasteiger partial charge in [-0.25, -0.2) is 0 Å². The van der Waals surface area contributed by atoms with Crippen LogP contribution in [0.5, 0.6) is 0 Å². The van der Waals surface area contributed by atoms with E-state index in [2.05, 4.69) is 11.8 Å². The van der Waals surface area contributed by atoms with Gasteiger partial charge >= 0.3 is 0 Å². The van der Waals surface area contributed by atoms with Crippen molar-refractivity contribution in [3.05, 3.63) is 0 Å². The van der Waals surface area contributed by atoms with Gasteiger partial charge in [0.2, 0.25) is 0 Å². The standard InChI is InChI=1S/C18H37NO2/c1-2-3-4-5-6-7-8-9-10-11-12-13-14-19-15-17(20)18(21)16-19/h17-18,20-21H,2-16H2,1H3/t17-,18-/m0/s1. The minimum absolute atomic E-state index is 0.526. The fraction of sp³-hybridized carbons (Fsp3) is 1.00. The molecule has 0 aromatic carbocycles. The van der Waals surface area contributed by atoms with Crippen molar-refractivity contribution in [3.8, 4) is 0 Å². The molecule has 1 fully saturated rings. The molecule has 1 heterocycles. The van der Waals surface area contributed by atoms with E-state index >= 15 is 0 Å². The maximum Gasteiger partial charge on any atom is 0.0938 e. The number of aliphatic hydroxyl groups excluding tert-OH is 2. The van der Waals surface area contributed by atoms with Crippen LogP contribution in [0.4, 0.5) is 0 Å². The molecule has 2 N–H and O–H groups in total. The van der Waals surface area contributed by atoms with Crippen molar-refractivity contribution in [1.82, 2.24) is 4.90 Å². The molecule has 21 heavy (non-hydrogen) atoms. The Hall–Kier alpha value is -0.120. The molecule has 126 valence electrons. The summed E-state index contributed by atoms with van der Waals surface area (Å²) in [5, 5.41) is 18.9. The predicted octanol–water partition coefficient (Wildman–Crippen LogP) is 3.72. The van der Waals surface area contributed by atoms with E-state index in [9.17, 15) is 10.2 Å². The van der Waals surface area contributed by atoms with E-state index in [1.165, 1.54) is 77.0 Å². The lowest BCUT2D eigenvalue weighted by molar-refractivity contribution is 0.0572. The average molecular weight is 299 g/mol. The summed E-state index contributed by atoms with van der Waals surface area (Å²) >= 11 is 0. The van der Waals surface area contributed by atoms with Crippen molar-refractivity contribution in [2.75, 3.05) is 19.6 Å². The Morgan fingerprint density at radius 1 is 0.667 bits per heavy atom. The van der Waals surface area contributed by atoms with Crippen molar-refractivity contribution in [2.45, 2.75) is 96.2 Å². The summed E-state index contributed by atoms with van der Waals surface area (Å²) in [7, 11) is 0. The molecule has 2 atom stereocenters. The van der Waals surface area contributed by atoms with E-state index in [4.69, 9.17) is 0 Å². The minimum Gasteiger partial charge on any atom is -0.389 e. The molecule has 0 radical (unpaired) electrons. The van der Waals surface area contributed by atoms with Gasteiger partial charge in [-0.1, -0.05) is 77.6 Å². The highest BCUT2D eigenvalue weighted by Gasteiger charge is 2.28. The fourth-order valence-corrected chi connectivity index (χ4v) is 3.21. The highest BCUT2D eigenvalue weighted by atomic mass is 16.3. The normalized spacial score (nSPS) is 23.0. The van der Waals surface area contributed by atoms with Crippen molar-refractivity contribution < 1.29 is 10.2 Å². The van der Waals surface area contributed by atoms with Gasteiger partial charge in [-0.3, -0.25) is 4.90 Å². The van der Waals surface area contributed by atoms with Gasteiger partial charge in [-0.05, 0) is 13.0 Å². The van der Waals surface area contributed by atoms with Crippen LogP contribution in [-0.4, -0.2) is 47.0 Å². The second-order valence-electron chi connectivity index (χ2n) is 6.78. The largest absolute Gasteiger partial charge is 0.389 e. The van der Waals surface area contributed by atoms with Gasteiger partial charge in [0.1, 0.15) is 0 Å². The Kier molecular flexibility index (Phi) is 11.2. The van der Waals surface area contributed by atoms with Gasteiger partial charge in [0.25, 0.3) is 0 Å². The number of nitrogens with zero attached hydrogens (tertiary/aromatic N) is 1. The average Bonchev–Trinajstić information content (AvgIpc) is 2.79. The van der Waals surface area contributed by atoms with Crippen LogP contribution in [0.1, 0.15) is 84.0 Å². The van der Waals surface area contributed by atoms with E-state index in [-0.39, 0.29) is 0 Å². The first-order chi connectivity index (χ1) is 10.2. The first-order valence-corrected chi connectivity index (χ1v) is 9.32. The van der Waals surface area contributed by atoms with Crippen LogP contribution in [0.25, 0.3) is 0 Å². The quantitative estimate of drug-likeness (QED) is 0.509. The molecule has 0 aromatic rings. The summed E-state index contributed by atoms with van der Waals surface area (Å²) in [6.45, 7) is 4.61. The maximum atomic E-state index is 9.47. The molecular formula is C18H37NO2. The number of β-amino-alcohol motifs (C(OH)–C–C–N with tert-alkyl or cyclic N) is 2. The van der Waals surface area contributed by atoms with Crippen molar-refractivity contribution in [2.24, 2.45) is 0 Å². The third kappa shape index (κ3) is 9.49. The zero-order valence-corrected chi connectivity index (χ0v) is 14.1. The molecule has 0 amide bonds. The van der Waals surface area contributed by atoms with Crippen molar-refractivity contribution >= 4 is 0 Å². The monoisotopic (exact) mass is 299 g/mol.